The van der Waals surface area contributed by atoms with Crippen LogP contribution in [-0.4, -0.2) is 4.57 Å². The molecule has 0 aliphatic carbocycles. The fourth-order valence-electron chi connectivity index (χ4n) is 10.4. The fraction of sp³-hybridized carbons (Fsp3) is 0. The van der Waals surface area contributed by atoms with Gasteiger partial charge in [0.15, 0.2) is 0 Å². The first-order valence-corrected chi connectivity index (χ1v) is 23.6. The van der Waals surface area contributed by atoms with Crippen molar-refractivity contribution < 1.29 is 4.42 Å². The molecular formula is C66H44N2O. The maximum Gasteiger partial charge on any atom is 0.143 e. The van der Waals surface area contributed by atoms with Gasteiger partial charge in [0.1, 0.15) is 11.2 Å². The summed E-state index contributed by atoms with van der Waals surface area (Å²) in [6.45, 7) is 0. The zero-order valence-electron chi connectivity index (χ0n) is 37.7. The van der Waals surface area contributed by atoms with Crippen LogP contribution >= 0.6 is 0 Å². The van der Waals surface area contributed by atoms with Crippen molar-refractivity contribution in [1.29, 1.82) is 0 Å². The van der Waals surface area contributed by atoms with E-state index in [1.807, 2.05) is 6.07 Å². The number of fused-ring (bicyclic) bond motifs is 6. The van der Waals surface area contributed by atoms with Crippen LogP contribution in [0.15, 0.2) is 271 Å². The average molecular weight is 881 g/mol. The molecule has 3 nitrogen and oxygen atoms in total. The standard InChI is InChI=1S/C66H44N2O/c1-2-17-45(18-3-1)46-33-35-47(36-34-46)48-37-41-50(42-38-48)67(61-28-11-9-24-57(61)59-26-16-27-60-58-25-10-15-32-65(58)69-66(59)60)51-43-39-49(40-44-51)52-19-4-5-20-53(52)54-21-6-12-29-62(54)68-63-30-13-7-22-55(63)56-23-8-14-31-64(56)68/h1-44H. The maximum absolute atomic E-state index is 6.65. The van der Waals surface area contributed by atoms with Crippen LogP contribution in [0.1, 0.15) is 0 Å². The second-order valence-corrected chi connectivity index (χ2v) is 17.6. The Bertz CT molecular complexity index is 3940. The molecule has 0 amide bonds. The van der Waals surface area contributed by atoms with E-state index in [1.165, 1.54) is 55.2 Å². The smallest absolute Gasteiger partial charge is 0.143 e. The van der Waals surface area contributed by atoms with Crippen LogP contribution in [0.5, 0.6) is 0 Å². The molecule has 0 fully saturated rings. The molecule has 11 aromatic carbocycles. The summed E-state index contributed by atoms with van der Waals surface area (Å²) in [5.74, 6) is 0. The Balaban J connectivity index is 0.927. The number of aromatic nitrogens is 1. The Hall–Kier alpha value is -9.18. The van der Waals surface area contributed by atoms with E-state index in [4.69, 9.17) is 4.42 Å². The number of anilines is 3. The summed E-state index contributed by atoms with van der Waals surface area (Å²) in [5, 5.41) is 4.72. The number of furan rings is 1. The van der Waals surface area contributed by atoms with Crippen LogP contribution in [0, 0.1) is 0 Å². The number of benzene rings is 11. The maximum atomic E-state index is 6.65. The van der Waals surface area contributed by atoms with Gasteiger partial charge in [-0.25, -0.2) is 0 Å². The van der Waals surface area contributed by atoms with Crippen molar-refractivity contribution in [2.75, 3.05) is 4.90 Å². The average Bonchev–Trinajstić information content (AvgIpc) is 3.98. The van der Waals surface area contributed by atoms with Gasteiger partial charge < -0.3 is 13.9 Å². The molecule has 13 aromatic rings. The highest BCUT2D eigenvalue weighted by molar-refractivity contribution is 6.12. The van der Waals surface area contributed by atoms with Gasteiger partial charge in [0.05, 0.1) is 22.4 Å². The van der Waals surface area contributed by atoms with E-state index in [2.05, 4.69) is 270 Å². The van der Waals surface area contributed by atoms with Crippen molar-refractivity contribution in [3.63, 3.8) is 0 Å². The molecule has 0 atom stereocenters. The summed E-state index contributed by atoms with van der Waals surface area (Å²) in [5.41, 5.74) is 20.0. The molecule has 0 saturated heterocycles. The number of hydrogen-bond donors (Lipinski definition) is 0. The number of para-hydroxylation sites is 6. The lowest BCUT2D eigenvalue weighted by Gasteiger charge is -2.28. The molecule has 2 heterocycles. The van der Waals surface area contributed by atoms with Gasteiger partial charge in [-0.05, 0) is 93.5 Å². The van der Waals surface area contributed by atoms with Gasteiger partial charge in [0, 0.05) is 49.6 Å². The zero-order chi connectivity index (χ0) is 45.7. The number of hydrogen-bond acceptors (Lipinski definition) is 2. The molecule has 0 aliphatic heterocycles. The minimum Gasteiger partial charge on any atom is -0.455 e. The van der Waals surface area contributed by atoms with E-state index in [9.17, 15) is 0 Å². The van der Waals surface area contributed by atoms with Crippen molar-refractivity contribution in [2.45, 2.75) is 0 Å². The minimum atomic E-state index is 0.883. The van der Waals surface area contributed by atoms with Crippen LogP contribution in [0.4, 0.5) is 17.1 Å². The van der Waals surface area contributed by atoms with E-state index in [0.29, 0.717) is 0 Å². The first-order chi connectivity index (χ1) is 34.2. The normalized spacial score (nSPS) is 11.5. The SMILES string of the molecule is c1ccc(-c2ccc(-c3ccc(N(c4ccc(-c5ccccc5-c5ccccc5-n5c6ccccc6c6ccccc65)cc4)c4ccccc4-c4cccc5c4oc4ccccc45)cc3)cc2)cc1. The highest BCUT2D eigenvalue weighted by Crippen LogP contribution is 2.46. The van der Waals surface area contributed by atoms with Crippen molar-refractivity contribution in [2.24, 2.45) is 0 Å². The van der Waals surface area contributed by atoms with Crippen LogP contribution < -0.4 is 4.90 Å². The van der Waals surface area contributed by atoms with Crippen molar-refractivity contribution in [1.82, 2.24) is 4.57 Å². The van der Waals surface area contributed by atoms with Gasteiger partial charge in [-0.2, -0.15) is 0 Å². The van der Waals surface area contributed by atoms with E-state index in [1.54, 1.807) is 0 Å². The van der Waals surface area contributed by atoms with E-state index < -0.39 is 0 Å². The van der Waals surface area contributed by atoms with Gasteiger partial charge in [-0.3, -0.25) is 0 Å². The summed E-state index contributed by atoms with van der Waals surface area (Å²) in [4.78, 5) is 2.38. The zero-order valence-corrected chi connectivity index (χ0v) is 37.7. The number of nitrogens with zero attached hydrogens (tertiary/aromatic N) is 2. The third-order valence-corrected chi connectivity index (χ3v) is 13.7. The topological polar surface area (TPSA) is 21.3 Å². The van der Waals surface area contributed by atoms with Crippen molar-refractivity contribution in [3.8, 4) is 61.3 Å². The quantitative estimate of drug-likeness (QED) is 0.144. The molecule has 0 saturated carbocycles. The molecule has 324 valence electrons. The molecule has 0 spiro atoms. The molecular weight excluding hydrogens is 837 g/mol. The van der Waals surface area contributed by atoms with Crippen molar-refractivity contribution in [3.05, 3.63) is 267 Å². The molecule has 0 unspecified atom stereocenters. The Morgan fingerprint density at radius 3 is 1.39 bits per heavy atom. The highest BCUT2D eigenvalue weighted by Gasteiger charge is 2.22. The molecule has 2 aromatic heterocycles. The molecule has 0 aliphatic rings. The molecule has 13 rings (SSSR count). The lowest BCUT2D eigenvalue weighted by Crippen LogP contribution is -2.11. The van der Waals surface area contributed by atoms with Crippen LogP contribution in [0.3, 0.4) is 0 Å². The first-order valence-electron chi connectivity index (χ1n) is 23.6. The Morgan fingerprint density at radius 2 is 0.725 bits per heavy atom. The Kier molecular flexibility index (Phi) is 9.84. The van der Waals surface area contributed by atoms with Gasteiger partial charge in [-0.15, -0.1) is 0 Å². The van der Waals surface area contributed by atoms with E-state index in [0.717, 1.165) is 66.9 Å². The van der Waals surface area contributed by atoms with Gasteiger partial charge in [0.25, 0.3) is 0 Å². The monoisotopic (exact) mass is 880 g/mol. The van der Waals surface area contributed by atoms with Crippen LogP contribution in [0.2, 0.25) is 0 Å². The predicted octanol–water partition coefficient (Wildman–Crippen LogP) is 18.5. The second-order valence-electron chi connectivity index (χ2n) is 17.6. The van der Waals surface area contributed by atoms with Crippen LogP contribution in [0.25, 0.3) is 105 Å². The summed E-state index contributed by atoms with van der Waals surface area (Å²) in [6, 6.07) is 96.0. The molecule has 0 bridgehead atoms. The lowest BCUT2D eigenvalue weighted by molar-refractivity contribution is 0.670. The lowest BCUT2D eigenvalue weighted by atomic mass is 9.93. The fourth-order valence-corrected chi connectivity index (χ4v) is 10.4. The van der Waals surface area contributed by atoms with Gasteiger partial charge in [0.2, 0.25) is 0 Å². The van der Waals surface area contributed by atoms with Crippen LogP contribution in [-0.2, 0) is 0 Å². The molecule has 3 heteroatoms. The third kappa shape index (κ3) is 6.99. The largest absolute Gasteiger partial charge is 0.455 e. The molecule has 0 N–H and O–H groups in total. The van der Waals surface area contributed by atoms with Gasteiger partial charge >= 0.3 is 0 Å². The molecule has 0 radical (unpaired) electrons. The summed E-state index contributed by atoms with van der Waals surface area (Å²) < 4.78 is 9.07. The van der Waals surface area contributed by atoms with Crippen molar-refractivity contribution >= 4 is 60.8 Å². The predicted molar refractivity (Wildman–Crippen MR) is 290 cm³/mol. The summed E-state index contributed by atoms with van der Waals surface area (Å²) in [7, 11) is 0. The summed E-state index contributed by atoms with van der Waals surface area (Å²) >= 11 is 0. The Morgan fingerprint density at radius 1 is 0.275 bits per heavy atom. The summed E-state index contributed by atoms with van der Waals surface area (Å²) in [6.07, 6.45) is 0. The first kappa shape index (κ1) is 40.1. The third-order valence-electron chi connectivity index (χ3n) is 13.7. The highest BCUT2D eigenvalue weighted by atomic mass is 16.3. The van der Waals surface area contributed by atoms with E-state index in [-0.39, 0.29) is 0 Å². The van der Waals surface area contributed by atoms with Gasteiger partial charge in [-0.1, -0.05) is 212 Å². The van der Waals surface area contributed by atoms with E-state index >= 15 is 0 Å². The Labute approximate surface area is 401 Å². The second kappa shape index (κ2) is 16.9. The molecule has 69 heavy (non-hydrogen) atoms. The minimum absolute atomic E-state index is 0.883. The number of rotatable bonds is 9.